The van der Waals surface area contributed by atoms with E-state index in [2.05, 4.69) is 24.3 Å². The number of nitrogens with one attached hydrogen (secondary N) is 1. The second kappa shape index (κ2) is 4.09. The fraction of sp³-hybridized carbons (Fsp3) is 0.750. The van der Waals surface area contributed by atoms with Crippen LogP contribution in [0.2, 0.25) is 0 Å². The Bertz CT molecular complexity index is 347. The highest BCUT2D eigenvalue weighted by atomic mass is 16.5. The van der Waals surface area contributed by atoms with Gasteiger partial charge < -0.3 is 10.1 Å². The molecule has 1 aromatic heterocycles. The number of hydrogen-bond acceptors (Lipinski definition) is 3. The fourth-order valence-corrected chi connectivity index (χ4v) is 2.38. The summed E-state index contributed by atoms with van der Waals surface area (Å²) in [5.74, 6) is 0.898. The van der Waals surface area contributed by atoms with Crippen LogP contribution in [0.25, 0.3) is 0 Å². The third kappa shape index (κ3) is 1.71. The first-order chi connectivity index (χ1) is 7.66. The molecule has 0 bridgehead atoms. The SMILES string of the molecule is CCn1ncc(OC)c1C(NC)C1(C)CC1. The van der Waals surface area contributed by atoms with Crippen molar-refractivity contribution in [2.45, 2.75) is 39.3 Å². The Morgan fingerprint density at radius 2 is 2.31 bits per heavy atom. The van der Waals surface area contributed by atoms with E-state index >= 15 is 0 Å². The highest BCUT2D eigenvalue weighted by Gasteiger charge is 2.47. The van der Waals surface area contributed by atoms with Crippen molar-refractivity contribution in [2.24, 2.45) is 5.41 Å². The van der Waals surface area contributed by atoms with Crippen molar-refractivity contribution in [3.8, 4) is 5.75 Å². The van der Waals surface area contributed by atoms with Crippen molar-refractivity contribution >= 4 is 0 Å². The van der Waals surface area contributed by atoms with Crippen LogP contribution < -0.4 is 10.1 Å². The lowest BCUT2D eigenvalue weighted by Gasteiger charge is -2.24. The Labute approximate surface area is 97.0 Å². The lowest BCUT2D eigenvalue weighted by molar-refractivity contribution is 0.339. The van der Waals surface area contributed by atoms with Gasteiger partial charge in [-0.05, 0) is 32.2 Å². The number of rotatable bonds is 5. The molecule has 1 saturated carbocycles. The monoisotopic (exact) mass is 223 g/mol. The predicted octanol–water partition coefficient (Wildman–Crippen LogP) is 1.97. The van der Waals surface area contributed by atoms with Crippen LogP contribution in [-0.4, -0.2) is 23.9 Å². The zero-order valence-electron chi connectivity index (χ0n) is 10.6. The summed E-state index contributed by atoms with van der Waals surface area (Å²) in [6.45, 7) is 5.31. The average Bonchev–Trinajstić information content (AvgIpc) is 2.90. The van der Waals surface area contributed by atoms with Crippen LogP contribution in [0.15, 0.2) is 6.20 Å². The Morgan fingerprint density at radius 1 is 1.62 bits per heavy atom. The molecule has 1 heterocycles. The largest absolute Gasteiger partial charge is 0.493 e. The summed E-state index contributed by atoms with van der Waals surface area (Å²) in [5.41, 5.74) is 1.56. The minimum atomic E-state index is 0.338. The molecule has 1 aliphatic carbocycles. The minimum Gasteiger partial charge on any atom is -0.493 e. The standard InChI is InChI=1S/C12H21N3O/c1-5-15-10(9(16-4)8-14-15)11(13-3)12(2)6-7-12/h8,11,13H,5-7H2,1-4H3. The number of aromatic nitrogens is 2. The van der Waals surface area contributed by atoms with E-state index < -0.39 is 0 Å². The normalized spacial score (nSPS) is 19.5. The van der Waals surface area contributed by atoms with E-state index in [-0.39, 0.29) is 0 Å². The van der Waals surface area contributed by atoms with Crippen LogP contribution in [0.3, 0.4) is 0 Å². The highest BCUT2D eigenvalue weighted by molar-refractivity contribution is 5.31. The Hall–Kier alpha value is -1.03. The number of methoxy groups -OCH3 is 1. The molecule has 0 radical (unpaired) electrons. The average molecular weight is 223 g/mol. The topological polar surface area (TPSA) is 39.1 Å². The first kappa shape index (κ1) is 11.5. The lowest BCUT2D eigenvalue weighted by Crippen LogP contribution is -2.27. The molecule has 1 aromatic rings. The second-order valence-electron chi connectivity index (χ2n) is 4.79. The molecule has 4 heteroatoms. The maximum Gasteiger partial charge on any atom is 0.161 e. The van der Waals surface area contributed by atoms with Crippen molar-refractivity contribution in [3.05, 3.63) is 11.9 Å². The van der Waals surface area contributed by atoms with Gasteiger partial charge in [0.25, 0.3) is 0 Å². The van der Waals surface area contributed by atoms with E-state index in [9.17, 15) is 0 Å². The van der Waals surface area contributed by atoms with Gasteiger partial charge in [-0.2, -0.15) is 5.10 Å². The summed E-state index contributed by atoms with van der Waals surface area (Å²) in [4.78, 5) is 0. The van der Waals surface area contributed by atoms with Crippen molar-refractivity contribution < 1.29 is 4.74 Å². The molecule has 0 aromatic carbocycles. The number of nitrogens with zero attached hydrogens (tertiary/aromatic N) is 2. The molecule has 0 aliphatic heterocycles. The molecule has 0 saturated heterocycles. The summed E-state index contributed by atoms with van der Waals surface area (Å²) in [6, 6.07) is 0.338. The van der Waals surface area contributed by atoms with Gasteiger partial charge in [-0.3, -0.25) is 4.68 Å². The van der Waals surface area contributed by atoms with E-state index in [0.717, 1.165) is 12.3 Å². The molecule has 2 rings (SSSR count). The lowest BCUT2D eigenvalue weighted by atomic mass is 9.95. The summed E-state index contributed by atoms with van der Waals surface area (Å²) in [7, 11) is 3.73. The molecule has 1 N–H and O–H groups in total. The molecule has 16 heavy (non-hydrogen) atoms. The first-order valence-corrected chi connectivity index (χ1v) is 5.93. The Kier molecular flexibility index (Phi) is 2.93. The van der Waals surface area contributed by atoms with Crippen LogP contribution in [0.1, 0.15) is 38.4 Å². The van der Waals surface area contributed by atoms with E-state index in [1.54, 1.807) is 7.11 Å². The van der Waals surface area contributed by atoms with E-state index in [4.69, 9.17) is 4.74 Å². The van der Waals surface area contributed by atoms with Crippen LogP contribution in [0, 0.1) is 5.41 Å². The number of ether oxygens (including phenoxy) is 1. The maximum absolute atomic E-state index is 5.41. The molecular weight excluding hydrogens is 202 g/mol. The van der Waals surface area contributed by atoms with Crippen molar-refractivity contribution in [2.75, 3.05) is 14.2 Å². The van der Waals surface area contributed by atoms with Crippen molar-refractivity contribution in [1.82, 2.24) is 15.1 Å². The van der Waals surface area contributed by atoms with Crippen LogP contribution in [0.5, 0.6) is 5.75 Å². The molecule has 1 aliphatic rings. The molecule has 0 amide bonds. The minimum absolute atomic E-state index is 0.338. The second-order valence-corrected chi connectivity index (χ2v) is 4.79. The molecule has 4 nitrogen and oxygen atoms in total. The summed E-state index contributed by atoms with van der Waals surface area (Å²) >= 11 is 0. The predicted molar refractivity (Wildman–Crippen MR) is 63.6 cm³/mol. The van der Waals surface area contributed by atoms with E-state index in [0.29, 0.717) is 11.5 Å². The van der Waals surface area contributed by atoms with Gasteiger partial charge in [0.15, 0.2) is 5.75 Å². The number of hydrogen-bond donors (Lipinski definition) is 1. The zero-order chi connectivity index (χ0) is 11.8. The van der Waals surface area contributed by atoms with Gasteiger partial charge >= 0.3 is 0 Å². The molecular formula is C12H21N3O. The van der Waals surface area contributed by atoms with Crippen molar-refractivity contribution in [1.29, 1.82) is 0 Å². The van der Waals surface area contributed by atoms with Gasteiger partial charge in [-0.1, -0.05) is 6.92 Å². The van der Waals surface area contributed by atoms with Gasteiger partial charge in [0.05, 0.1) is 25.0 Å². The summed E-state index contributed by atoms with van der Waals surface area (Å²) in [6.07, 6.45) is 4.36. The molecule has 1 unspecified atom stereocenters. The molecule has 1 fully saturated rings. The fourth-order valence-electron chi connectivity index (χ4n) is 2.38. The summed E-state index contributed by atoms with van der Waals surface area (Å²) in [5, 5.41) is 7.78. The van der Waals surface area contributed by atoms with Gasteiger partial charge in [0.1, 0.15) is 0 Å². The highest BCUT2D eigenvalue weighted by Crippen LogP contribution is 2.55. The number of aryl methyl sites for hydroxylation is 1. The first-order valence-electron chi connectivity index (χ1n) is 5.93. The third-order valence-electron chi connectivity index (χ3n) is 3.66. The van der Waals surface area contributed by atoms with Crippen LogP contribution >= 0.6 is 0 Å². The summed E-state index contributed by atoms with van der Waals surface area (Å²) < 4.78 is 7.44. The van der Waals surface area contributed by atoms with E-state index in [1.165, 1.54) is 18.5 Å². The maximum atomic E-state index is 5.41. The van der Waals surface area contributed by atoms with Gasteiger partial charge in [0, 0.05) is 6.54 Å². The smallest absolute Gasteiger partial charge is 0.161 e. The third-order valence-corrected chi connectivity index (χ3v) is 3.66. The van der Waals surface area contributed by atoms with Gasteiger partial charge in [-0.15, -0.1) is 0 Å². The Morgan fingerprint density at radius 3 is 2.75 bits per heavy atom. The van der Waals surface area contributed by atoms with Crippen LogP contribution in [-0.2, 0) is 6.54 Å². The quantitative estimate of drug-likeness (QED) is 0.829. The molecule has 90 valence electrons. The Balaban J connectivity index is 2.39. The van der Waals surface area contributed by atoms with Gasteiger partial charge in [-0.25, -0.2) is 0 Å². The van der Waals surface area contributed by atoms with Crippen molar-refractivity contribution in [3.63, 3.8) is 0 Å². The van der Waals surface area contributed by atoms with Gasteiger partial charge in [0.2, 0.25) is 0 Å². The van der Waals surface area contributed by atoms with E-state index in [1.807, 2.05) is 17.9 Å². The molecule has 1 atom stereocenters. The van der Waals surface area contributed by atoms with Crippen LogP contribution in [0.4, 0.5) is 0 Å². The zero-order valence-corrected chi connectivity index (χ0v) is 10.6. The molecule has 0 spiro atoms.